The van der Waals surface area contributed by atoms with Gasteiger partial charge in [-0.1, -0.05) is 103 Å². The van der Waals surface area contributed by atoms with Gasteiger partial charge in [-0.15, -0.1) is 0 Å². The van der Waals surface area contributed by atoms with Crippen LogP contribution in [0, 0.1) is 0 Å². The van der Waals surface area contributed by atoms with E-state index in [0.29, 0.717) is 251 Å². The van der Waals surface area contributed by atoms with Crippen LogP contribution >= 0.6 is 0 Å². The zero-order chi connectivity index (χ0) is 54.3. The molecule has 76 heavy (non-hydrogen) atoms. The molecule has 0 aromatic rings. The van der Waals surface area contributed by atoms with Gasteiger partial charge >= 0.3 is 0 Å². The quantitative estimate of drug-likeness (QED) is 0.0645. The third-order valence-corrected chi connectivity index (χ3v) is 11.1. The second kappa shape index (κ2) is 74.2. The second-order valence-electron chi connectivity index (χ2n) is 17.7. The lowest BCUT2D eigenvalue weighted by Crippen LogP contribution is -2.16. The van der Waals surface area contributed by atoms with Crippen molar-refractivity contribution < 1.29 is 90.0 Å². The van der Waals surface area contributed by atoms with Gasteiger partial charge in [0.2, 0.25) is 0 Å². The van der Waals surface area contributed by atoms with Gasteiger partial charge in [0.05, 0.1) is 244 Å². The molecule has 2 N–H and O–H groups in total. The Morgan fingerprint density at radius 1 is 0.145 bits per heavy atom. The van der Waals surface area contributed by atoms with Crippen molar-refractivity contribution in [2.75, 3.05) is 258 Å². The minimum atomic E-state index is 0.496. The van der Waals surface area contributed by atoms with Crippen LogP contribution in [0.5, 0.6) is 0 Å². The lowest BCUT2D eigenvalue weighted by molar-refractivity contribution is -0.0312. The van der Waals surface area contributed by atoms with Crippen molar-refractivity contribution in [3.8, 4) is 0 Å². The van der Waals surface area contributed by atoms with Gasteiger partial charge in [-0.25, -0.2) is 0 Å². The summed E-state index contributed by atoms with van der Waals surface area (Å²) in [5.41, 5.74) is 5.35. The highest BCUT2D eigenvalue weighted by molar-refractivity contribution is 4.51. The van der Waals surface area contributed by atoms with Crippen LogP contribution in [0.2, 0.25) is 0 Å². The Balaban J connectivity index is 3.07. The lowest BCUT2D eigenvalue weighted by Gasteiger charge is -2.09. The molecular formula is C56H115NO19. The predicted molar refractivity (Wildman–Crippen MR) is 294 cm³/mol. The van der Waals surface area contributed by atoms with Crippen molar-refractivity contribution in [1.82, 2.24) is 0 Å². The SMILES string of the molecule is CCCCCCCCCCCCCCCCCCOCCOCCOCCOCCOCCOCCOCCOCCOCCOCCOCCOCCOCCOCCOCCOCCOCCOCCOCCN. The maximum atomic E-state index is 5.71. The van der Waals surface area contributed by atoms with E-state index >= 15 is 0 Å². The van der Waals surface area contributed by atoms with Gasteiger partial charge in [0.25, 0.3) is 0 Å². The maximum absolute atomic E-state index is 5.71. The van der Waals surface area contributed by atoms with Gasteiger partial charge in [0.1, 0.15) is 0 Å². The molecule has 0 saturated carbocycles. The highest BCUT2D eigenvalue weighted by Gasteiger charge is 2.00. The summed E-state index contributed by atoms with van der Waals surface area (Å²) >= 11 is 0. The number of nitrogens with two attached hydrogens (primary N) is 1. The minimum absolute atomic E-state index is 0.496. The first-order valence-electron chi connectivity index (χ1n) is 29.6. The molecule has 0 spiro atoms. The first kappa shape index (κ1) is 75.2. The Bertz CT molecular complexity index is 914. The Kier molecular flexibility index (Phi) is 73.4. The normalized spacial score (nSPS) is 11.8. The third-order valence-electron chi connectivity index (χ3n) is 11.1. The lowest BCUT2D eigenvalue weighted by atomic mass is 10.0. The molecule has 0 atom stereocenters. The molecule has 20 heteroatoms. The summed E-state index contributed by atoms with van der Waals surface area (Å²) in [6.45, 7) is 22.8. The Morgan fingerprint density at radius 3 is 0.408 bits per heavy atom. The van der Waals surface area contributed by atoms with Crippen molar-refractivity contribution in [2.24, 2.45) is 5.73 Å². The van der Waals surface area contributed by atoms with E-state index in [-0.39, 0.29) is 0 Å². The number of hydrogen-bond acceptors (Lipinski definition) is 20. The molecule has 0 bridgehead atoms. The van der Waals surface area contributed by atoms with Crippen LogP contribution in [-0.4, -0.2) is 258 Å². The number of ether oxygens (including phenoxy) is 19. The van der Waals surface area contributed by atoms with E-state index in [1.165, 1.54) is 96.3 Å². The monoisotopic (exact) mass is 1110 g/mol. The van der Waals surface area contributed by atoms with E-state index in [4.69, 9.17) is 95.7 Å². The zero-order valence-corrected chi connectivity index (χ0v) is 48.2. The van der Waals surface area contributed by atoms with Crippen molar-refractivity contribution in [1.29, 1.82) is 0 Å². The van der Waals surface area contributed by atoms with E-state index in [1.54, 1.807) is 0 Å². The fourth-order valence-corrected chi connectivity index (χ4v) is 6.90. The van der Waals surface area contributed by atoms with Gasteiger partial charge in [0, 0.05) is 13.2 Å². The molecule has 0 amide bonds. The fraction of sp³-hybridized carbons (Fsp3) is 1.00. The molecule has 0 heterocycles. The summed E-state index contributed by atoms with van der Waals surface area (Å²) in [7, 11) is 0. The molecule has 0 radical (unpaired) electrons. The van der Waals surface area contributed by atoms with Crippen LogP contribution in [0.15, 0.2) is 0 Å². The summed E-state index contributed by atoms with van der Waals surface area (Å²) in [6.07, 6.45) is 22.1. The van der Waals surface area contributed by atoms with E-state index in [9.17, 15) is 0 Å². The minimum Gasteiger partial charge on any atom is -0.379 e. The van der Waals surface area contributed by atoms with Gasteiger partial charge in [0.15, 0.2) is 0 Å². The standard InChI is InChI=1S/C56H115NO19/c1-2-3-4-5-6-7-8-9-10-11-12-13-14-15-16-17-19-58-21-23-60-25-27-62-29-31-64-33-35-66-37-39-68-41-43-70-45-47-72-49-51-74-53-55-76-56-54-75-52-50-73-48-46-71-44-42-69-40-38-67-36-34-65-32-30-63-28-26-61-24-22-59-20-18-57/h2-57H2,1H3. The average molecular weight is 1110 g/mol. The van der Waals surface area contributed by atoms with Crippen molar-refractivity contribution in [3.63, 3.8) is 0 Å². The van der Waals surface area contributed by atoms with Gasteiger partial charge in [-0.2, -0.15) is 0 Å². The van der Waals surface area contributed by atoms with Crippen LogP contribution < -0.4 is 5.73 Å². The zero-order valence-electron chi connectivity index (χ0n) is 48.2. The molecular weight excluding hydrogens is 991 g/mol. The molecule has 0 aliphatic heterocycles. The smallest absolute Gasteiger partial charge is 0.0701 e. The summed E-state index contributed by atoms with van der Waals surface area (Å²) in [4.78, 5) is 0. The van der Waals surface area contributed by atoms with Crippen LogP contribution in [0.4, 0.5) is 0 Å². The molecule has 0 fully saturated rings. The van der Waals surface area contributed by atoms with Crippen LogP contribution in [0.3, 0.4) is 0 Å². The molecule has 0 unspecified atom stereocenters. The molecule has 458 valence electrons. The predicted octanol–water partition coefficient (Wildman–Crippen LogP) is 6.52. The molecule has 0 rings (SSSR count). The van der Waals surface area contributed by atoms with Crippen LogP contribution in [0.25, 0.3) is 0 Å². The average Bonchev–Trinajstić information content (AvgIpc) is 3.43. The van der Waals surface area contributed by atoms with E-state index in [2.05, 4.69) is 6.92 Å². The van der Waals surface area contributed by atoms with Crippen molar-refractivity contribution >= 4 is 0 Å². The molecule has 0 aromatic carbocycles. The van der Waals surface area contributed by atoms with Crippen LogP contribution in [-0.2, 0) is 90.0 Å². The van der Waals surface area contributed by atoms with Gasteiger partial charge in [-0.05, 0) is 6.42 Å². The summed E-state index contributed by atoms with van der Waals surface area (Å²) in [5, 5.41) is 0. The van der Waals surface area contributed by atoms with E-state index < -0.39 is 0 Å². The van der Waals surface area contributed by atoms with Crippen LogP contribution in [0.1, 0.15) is 110 Å². The Morgan fingerprint density at radius 2 is 0.263 bits per heavy atom. The highest BCUT2D eigenvalue weighted by atomic mass is 16.6. The summed E-state index contributed by atoms with van der Waals surface area (Å²) in [5.74, 6) is 0. The molecule has 0 aliphatic rings. The van der Waals surface area contributed by atoms with Crippen molar-refractivity contribution in [3.05, 3.63) is 0 Å². The summed E-state index contributed by atoms with van der Waals surface area (Å²) < 4.78 is 105. The fourth-order valence-electron chi connectivity index (χ4n) is 6.90. The largest absolute Gasteiger partial charge is 0.379 e. The highest BCUT2D eigenvalue weighted by Crippen LogP contribution is 2.14. The third kappa shape index (κ3) is 73.2. The molecule has 0 saturated heterocycles. The first-order chi connectivity index (χ1) is 37.9. The maximum Gasteiger partial charge on any atom is 0.0701 e. The van der Waals surface area contributed by atoms with Crippen molar-refractivity contribution in [2.45, 2.75) is 110 Å². The molecule has 0 aliphatic carbocycles. The second-order valence-corrected chi connectivity index (χ2v) is 17.7. The van der Waals surface area contributed by atoms with Gasteiger partial charge in [-0.3, -0.25) is 0 Å². The molecule has 0 aromatic heterocycles. The number of unbranched alkanes of at least 4 members (excludes halogenated alkanes) is 15. The Labute approximate surface area is 461 Å². The summed E-state index contributed by atoms with van der Waals surface area (Å²) in [6, 6.07) is 0. The Hall–Kier alpha value is -0.800. The van der Waals surface area contributed by atoms with E-state index in [1.807, 2.05) is 0 Å². The number of rotatable bonds is 73. The number of hydrogen-bond donors (Lipinski definition) is 1. The first-order valence-corrected chi connectivity index (χ1v) is 29.6. The van der Waals surface area contributed by atoms with E-state index in [0.717, 1.165) is 13.0 Å². The molecule has 20 nitrogen and oxygen atoms in total. The van der Waals surface area contributed by atoms with Gasteiger partial charge < -0.3 is 95.7 Å². The topological polar surface area (TPSA) is 201 Å².